The normalized spacial score (nSPS) is 10.5. The predicted octanol–water partition coefficient (Wildman–Crippen LogP) is 4.65. The van der Waals surface area contributed by atoms with Gasteiger partial charge in [0.05, 0.1) is 0 Å². The monoisotopic (exact) mass is 319 g/mol. The molecule has 0 fully saturated rings. The first-order chi connectivity index (χ1) is 9.22. The van der Waals surface area contributed by atoms with E-state index in [0.29, 0.717) is 6.54 Å². The van der Waals surface area contributed by atoms with Gasteiger partial charge in [0.25, 0.3) is 0 Å². The standard InChI is InChI=1S/C16H18BrNO/c1-2-3-12-4-7-14(8-5-12)19-15-9-6-13(11-18)16(17)10-15/h4-10H,2-3,11,18H2,1H3. The number of benzene rings is 2. The van der Waals surface area contributed by atoms with Crippen LogP contribution >= 0.6 is 15.9 Å². The van der Waals surface area contributed by atoms with Gasteiger partial charge in [-0.3, -0.25) is 0 Å². The average molecular weight is 320 g/mol. The van der Waals surface area contributed by atoms with Crippen LogP contribution in [0.1, 0.15) is 24.5 Å². The lowest BCUT2D eigenvalue weighted by Crippen LogP contribution is -1.97. The summed E-state index contributed by atoms with van der Waals surface area (Å²) in [4.78, 5) is 0. The van der Waals surface area contributed by atoms with E-state index in [2.05, 4.69) is 35.0 Å². The zero-order valence-corrected chi connectivity index (χ0v) is 12.6. The number of nitrogens with two attached hydrogens (primary N) is 1. The number of hydrogen-bond donors (Lipinski definition) is 1. The Bertz CT molecular complexity index is 537. The van der Waals surface area contributed by atoms with Crippen molar-refractivity contribution < 1.29 is 4.74 Å². The predicted molar refractivity (Wildman–Crippen MR) is 82.5 cm³/mol. The number of ether oxygens (including phenoxy) is 1. The molecule has 0 atom stereocenters. The van der Waals surface area contributed by atoms with Crippen molar-refractivity contribution in [3.63, 3.8) is 0 Å². The fourth-order valence-electron chi connectivity index (χ4n) is 1.91. The molecule has 2 N–H and O–H groups in total. The molecule has 0 amide bonds. The van der Waals surface area contributed by atoms with Crippen LogP contribution in [-0.2, 0) is 13.0 Å². The van der Waals surface area contributed by atoms with E-state index in [9.17, 15) is 0 Å². The highest BCUT2D eigenvalue weighted by Gasteiger charge is 2.02. The zero-order valence-electron chi connectivity index (χ0n) is 11.0. The molecule has 19 heavy (non-hydrogen) atoms. The topological polar surface area (TPSA) is 35.2 Å². The molecule has 0 aromatic heterocycles. The van der Waals surface area contributed by atoms with Crippen molar-refractivity contribution in [2.24, 2.45) is 5.73 Å². The van der Waals surface area contributed by atoms with E-state index < -0.39 is 0 Å². The van der Waals surface area contributed by atoms with Gasteiger partial charge >= 0.3 is 0 Å². The van der Waals surface area contributed by atoms with Crippen LogP contribution in [0.15, 0.2) is 46.9 Å². The van der Waals surface area contributed by atoms with Crippen molar-refractivity contribution in [1.29, 1.82) is 0 Å². The summed E-state index contributed by atoms with van der Waals surface area (Å²) in [7, 11) is 0. The molecule has 2 rings (SSSR count). The molecule has 2 aromatic carbocycles. The maximum atomic E-state index is 5.82. The zero-order chi connectivity index (χ0) is 13.7. The number of aryl methyl sites for hydroxylation is 1. The Morgan fingerprint density at radius 2 is 1.74 bits per heavy atom. The Kier molecular flexibility index (Phi) is 5.00. The molecule has 0 saturated heterocycles. The second kappa shape index (κ2) is 6.73. The van der Waals surface area contributed by atoms with E-state index in [-0.39, 0.29) is 0 Å². The van der Waals surface area contributed by atoms with E-state index in [4.69, 9.17) is 10.5 Å². The average Bonchev–Trinajstić information content (AvgIpc) is 2.42. The number of halogens is 1. The van der Waals surface area contributed by atoms with Crippen molar-refractivity contribution >= 4 is 15.9 Å². The lowest BCUT2D eigenvalue weighted by Gasteiger charge is -2.08. The van der Waals surface area contributed by atoms with Crippen LogP contribution in [0.25, 0.3) is 0 Å². The van der Waals surface area contributed by atoms with Crippen molar-refractivity contribution in [3.8, 4) is 11.5 Å². The van der Waals surface area contributed by atoms with Gasteiger partial charge in [0.1, 0.15) is 11.5 Å². The van der Waals surface area contributed by atoms with Gasteiger partial charge in [0.15, 0.2) is 0 Å². The van der Waals surface area contributed by atoms with Gasteiger partial charge in [-0.1, -0.05) is 47.5 Å². The maximum Gasteiger partial charge on any atom is 0.128 e. The van der Waals surface area contributed by atoms with E-state index in [1.165, 1.54) is 5.56 Å². The summed E-state index contributed by atoms with van der Waals surface area (Å²) in [6.45, 7) is 2.70. The van der Waals surface area contributed by atoms with Crippen molar-refractivity contribution in [2.45, 2.75) is 26.3 Å². The van der Waals surface area contributed by atoms with E-state index in [1.54, 1.807) is 0 Å². The highest BCUT2D eigenvalue weighted by Crippen LogP contribution is 2.27. The second-order valence-corrected chi connectivity index (χ2v) is 5.31. The summed E-state index contributed by atoms with van der Waals surface area (Å²) in [5.41, 5.74) is 8.04. The number of hydrogen-bond acceptors (Lipinski definition) is 2. The van der Waals surface area contributed by atoms with Crippen LogP contribution in [0, 0.1) is 0 Å². The molecule has 100 valence electrons. The molecule has 2 aromatic rings. The van der Waals surface area contributed by atoms with E-state index in [1.807, 2.05) is 30.3 Å². The van der Waals surface area contributed by atoms with Gasteiger partial charge in [-0.15, -0.1) is 0 Å². The van der Waals surface area contributed by atoms with Crippen LogP contribution in [0.5, 0.6) is 11.5 Å². The Hall–Kier alpha value is -1.32. The fourth-order valence-corrected chi connectivity index (χ4v) is 2.43. The van der Waals surface area contributed by atoms with Crippen LogP contribution < -0.4 is 10.5 Å². The van der Waals surface area contributed by atoms with Crippen LogP contribution in [0.4, 0.5) is 0 Å². The summed E-state index contributed by atoms with van der Waals surface area (Å²) in [5, 5.41) is 0. The largest absolute Gasteiger partial charge is 0.457 e. The molecule has 3 heteroatoms. The summed E-state index contributed by atoms with van der Waals surface area (Å²) in [5.74, 6) is 1.67. The van der Waals surface area contributed by atoms with Crippen molar-refractivity contribution in [1.82, 2.24) is 0 Å². The minimum Gasteiger partial charge on any atom is -0.457 e. The van der Waals surface area contributed by atoms with Gasteiger partial charge in [0, 0.05) is 11.0 Å². The maximum absolute atomic E-state index is 5.82. The van der Waals surface area contributed by atoms with Gasteiger partial charge in [0.2, 0.25) is 0 Å². The lowest BCUT2D eigenvalue weighted by molar-refractivity contribution is 0.482. The molecule has 0 heterocycles. The molecule has 0 aliphatic heterocycles. The Morgan fingerprint density at radius 1 is 1.05 bits per heavy atom. The molecule has 0 unspecified atom stereocenters. The van der Waals surface area contributed by atoms with Crippen LogP contribution in [0.2, 0.25) is 0 Å². The molecule has 0 bridgehead atoms. The van der Waals surface area contributed by atoms with E-state index >= 15 is 0 Å². The quantitative estimate of drug-likeness (QED) is 0.870. The Balaban J connectivity index is 2.10. The molecule has 0 aliphatic rings. The third kappa shape index (κ3) is 3.82. The molecule has 0 radical (unpaired) electrons. The molecule has 0 aliphatic carbocycles. The van der Waals surface area contributed by atoms with Crippen molar-refractivity contribution in [3.05, 3.63) is 58.1 Å². The summed E-state index contributed by atoms with van der Waals surface area (Å²) in [6.07, 6.45) is 2.27. The first-order valence-corrected chi connectivity index (χ1v) is 7.27. The third-order valence-electron chi connectivity index (χ3n) is 2.94. The van der Waals surface area contributed by atoms with Gasteiger partial charge in [-0.05, 0) is 41.8 Å². The second-order valence-electron chi connectivity index (χ2n) is 4.45. The summed E-state index contributed by atoms with van der Waals surface area (Å²) >= 11 is 3.49. The Labute approximate surface area is 122 Å². The molecule has 0 spiro atoms. The highest BCUT2D eigenvalue weighted by atomic mass is 79.9. The number of rotatable bonds is 5. The van der Waals surface area contributed by atoms with Gasteiger partial charge in [-0.25, -0.2) is 0 Å². The van der Waals surface area contributed by atoms with Crippen molar-refractivity contribution in [2.75, 3.05) is 0 Å². The van der Waals surface area contributed by atoms with E-state index in [0.717, 1.165) is 34.4 Å². The summed E-state index contributed by atoms with van der Waals surface area (Å²) in [6, 6.07) is 14.1. The smallest absolute Gasteiger partial charge is 0.128 e. The molecule has 2 nitrogen and oxygen atoms in total. The highest BCUT2D eigenvalue weighted by molar-refractivity contribution is 9.10. The minimum absolute atomic E-state index is 0.520. The van der Waals surface area contributed by atoms with Gasteiger partial charge in [-0.2, -0.15) is 0 Å². The lowest BCUT2D eigenvalue weighted by atomic mass is 10.1. The first kappa shape index (κ1) is 14.1. The SMILES string of the molecule is CCCc1ccc(Oc2ccc(CN)c(Br)c2)cc1. The Morgan fingerprint density at radius 3 is 2.32 bits per heavy atom. The third-order valence-corrected chi connectivity index (χ3v) is 3.68. The first-order valence-electron chi connectivity index (χ1n) is 6.48. The van der Waals surface area contributed by atoms with Gasteiger partial charge < -0.3 is 10.5 Å². The van der Waals surface area contributed by atoms with Crippen LogP contribution in [-0.4, -0.2) is 0 Å². The molecular weight excluding hydrogens is 302 g/mol. The summed E-state index contributed by atoms with van der Waals surface area (Å²) < 4.78 is 6.80. The van der Waals surface area contributed by atoms with Crippen LogP contribution in [0.3, 0.4) is 0 Å². The fraction of sp³-hybridized carbons (Fsp3) is 0.250. The molecule has 0 saturated carbocycles. The molecular formula is C16H18BrNO. The minimum atomic E-state index is 0.520.